The number of hydrogen-bond donors (Lipinski definition) is 1. The molecule has 1 aliphatic rings. The number of ketones is 1. The molecule has 5 rings (SSSR count). The van der Waals surface area contributed by atoms with Crippen LogP contribution in [-0.2, 0) is 10.3 Å². The highest BCUT2D eigenvalue weighted by molar-refractivity contribution is 5.93. The van der Waals surface area contributed by atoms with Crippen LogP contribution in [0.25, 0.3) is 16.6 Å². The summed E-state index contributed by atoms with van der Waals surface area (Å²) < 4.78 is 8.67. The smallest absolute Gasteiger partial charge is 0.223 e. The van der Waals surface area contributed by atoms with Gasteiger partial charge in [0, 0.05) is 36.7 Å². The van der Waals surface area contributed by atoms with E-state index in [-0.39, 0.29) is 11.7 Å². The minimum atomic E-state index is -0.676. The third kappa shape index (κ3) is 3.55. The molecule has 33 heavy (non-hydrogen) atoms. The lowest BCUT2D eigenvalue weighted by molar-refractivity contribution is -0.124. The van der Waals surface area contributed by atoms with E-state index in [1.165, 1.54) is 0 Å². The summed E-state index contributed by atoms with van der Waals surface area (Å²) in [7, 11) is 1.62. The minimum Gasteiger partial charge on any atom is -0.497 e. The zero-order valence-corrected chi connectivity index (χ0v) is 19.3. The Labute approximate surface area is 191 Å². The third-order valence-electron chi connectivity index (χ3n) is 6.68. The van der Waals surface area contributed by atoms with Gasteiger partial charge in [-0.2, -0.15) is 9.61 Å². The molecule has 4 aromatic rings. The molecule has 10 heteroatoms. The molecule has 4 heterocycles. The van der Waals surface area contributed by atoms with Crippen LogP contribution < -0.4 is 15.4 Å². The first kappa shape index (κ1) is 21.2. The number of anilines is 2. The summed E-state index contributed by atoms with van der Waals surface area (Å²) in [4.78, 5) is 23.7. The molecule has 0 saturated carbocycles. The Morgan fingerprint density at radius 1 is 1.27 bits per heavy atom. The summed E-state index contributed by atoms with van der Waals surface area (Å²) in [5.41, 5.74) is 7.95. The second kappa shape index (κ2) is 7.72. The number of fused-ring (bicyclic) bond motifs is 3. The van der Waals surface area contributed by atoms with Crippen molar-refractivity contribution < 1.29 is 9.53 Å². The van der Waals surface area contributed by atoms with Gasteiger partial charge in [0.1, 0.15) is 11.3 Å². The van der Waals surface area contributed by atoms with Crippen LogP contribution in [0.1, 0.15) is 45.4 Å². The molecule has 1 aromatic carbocycles. The molecule has 172 valence electrons. The largest absolute Gasteiger partial charge is 0.497 e. The first-order valence-corrected chi connectivity index (χ1v) is 11.1. The minimum absolute atomic E-state index is 0.0682. The lowest BCUT2D eigenvalue weighted by Crippen LogP contribution is -2.35. The molecule has 1 fully saturated rings. The van der Waals surface area contributed by atoms with Crippen LogP contribution in [0.2, 0.25) is 0 Å². The van der Waals surface area contributed by atoms with Crippen LogP contribution in [0.3, 0.4) is 0 Å². The highest BCUT2D eigenvalue weighted by atomic mass is 16.5. The number of benzene rings is 1. The van der Waals surface area contributed by atoms with E-state index in [1.54, 1.807) is 23.2 Å². The topological polar surface area (TPSA) is 116 Å². The molecule has 1 saturated heterocycles. The predicted molar refractivity (Wildman–Crippen MR) is 126 cm³/mol. The van der Waals surface area contributed by atoms with Gasteiger partial charge in [0.15, 0.2) is 17.3 Å². The molecular weight excluding hydrogens is 420 g/mol. The Morgan fingerprint density at radius 2 is 2.09 bits per heavy atom. The molecule has 0 amide bonds. The fourth-order valence-electron chi connectivity index (χ4n) is 4.29. The second-order valence-electron chi connectivity index (χ2n) is 9.10. The van der Waals surface area contributed by atoms with E-state index in [2.05, 4.69) is 15.0 Å². The van der Waals surface area contributed by atoms with E-state index < -0.39 is 5.54 Å². The maximum Gasteiger partial charge on any atom is 0.223 e. The molecule has 0 radical (unpaired) electrons. The van der Waals surface area contributed by atoms with Gasteiger partial charge >= 0.3 is 0 Å². The zero-order valence-electron chi connectivity index (χ0n) is 19.3. The molecule has 2 N–H and O–H groups in total. The number of nitrogens with two attached hydrogens (primary N) is 1. The van der Waals surface area contributed by atoms with Crippen molar-refractivity contribution >= 4 is 34.0 Å². The van der Waals surface area contributed by atoms with Crippen LogP contribution >= 0.6 is 0 Å². The van der Waals surface area contributed by atoms with Crippen molar-refractivity contribution in [2.24, 2.45) is 0 Å². The maximum absolute atomic E-state index is 12.0. The summed E-state index contributed by atoms with van der Waals surface area (Å²) in [6, 6.07) is 5.67. The van der Waals surface area contributed by atoms with Gasteiger partial charge in [0.25, 0.3) is 0 Å². The first-order valence-electron chi connectivity index (χ1n) is 11.1. The maximum atomic E-state index is 12.0. The van der Waals surface area contributed by atoms with E-state index in [0.29, 0.717) is 11.6 Å². The quantitative estimate of drug-likeness (QED) is 0.495. The van der Waals surface area contributed by atoms with Crippen molar-refractivity contribution in [1.82, 2.24) is 29.4 Å². The summed E-state index contributed by atoms with van der Waals surface area (Å²) >= 11 is 0. The van der Waals surface area contributed by atoms with Crippen LogP contribution in [-0.4, -0.2) is 55.3 Å². The number of aromatic nitrogens is 6. The van der Waals surface area contributed by atoms with Crippen LogP contribution in [0, 0.1) is 0 Å². The molecule has 1 atom stereocenters. The lowest BCUT2D eigenvalue weighted by Gasteiger charge is -2.32. The van der Waals surface area contributed by atoms with Crippen LogP contribution in [0.15, 0.2) is 30.6 Å². The molecule has 3 aromatic heterocycles. The van der Waals surface area contributed by atoms with Crippen molar-refractivity contribution in [2.45, 2.75) is 45.1 Å². The van der Waals surface area contributed by atoms with E-state index in [9.17, 15) is 4.79 Å². The van der Waals surface area contributed by atoms with Gasteiger partial charge in [-0.05, 0) is 45.7 Å². The van der Waals surface area contributed by atoms with Crippen molar-refractivity contribution in [3.63, 3.8) is 0 Å². The molecule has 0 bridgehead atoms. The van der Waals surface area contributed by atoms with Gasteiger partial charge in [0.05, 0.1) is 24.5 Å². The number of nitrogens with zero attached hydrogens (tertiary/aromatic N) is 7. The van der Waals surface area contributed by atoms with Gasteiger partial charge in [-0.25, -0.2) is 9.97 Å². The van der Waals surface area contributed by atoms with E-state index in [1.807, 2.05) is 44.4 Å². The zero-order chi connectivity index (χ0) is 23.3. The Morgan fingerprint density at radius 3 is 2.85 bits per heavy atom. The summed E-state index contributed by atoms with van der Waals surface area (Å²) in [5.74, 6) is 1.99. The SMILES string of the molecule is COc1ccc2c(c1)nc(N)n1nc(C3CCCN(c4cnn(C(C)(C)C(C)=O)c4)C3)nc21. The normalized spacial score (nSPS) is 17.1. The van der Waals surface area contributed by atoms with Gasteiger partial charge in [-0.1, -0.05) is 0 Å². The predicted octanol–water partition coefficient (Wildman–Crippen LogP) is 2.77. The summed E-state index contributed by atoms with van der Waals surface area (Å²) in [5, 5.41) is 10.1. The number of carbonyl (C=O) groups excluding carboxylic acids is 1. The van der Waals surface area contributed by atoms with Crippen molar-refractivity contribution in [3.8, 4) is 5.75 Å². The Kier molecular flexibility index (Phi) is 4.95. The number of nitrogen functional groups attached to an aromatic ring is 1. The van der Waals surface area contributed by atoms with Crippen molar-refractivity contribution in [3.05, 3.63) is 36.4 Å². The number of Topliss-reactive ketones (excluding diaryl/α,β-unsaturated/α-hetero) is 1. The fourth-order valence-corrected chi connectivity index (χ4v) is 4.29. The first-order chi connectivity index (χ1) is 15.8. The van der Waals surface area contributed by atoms with Crippen LogP contribution in [0.5, 0.6) is 5.75 Å². The number of ether oxygens (including phenoxy) is 1. The Bertz CT molecular complexity index is 1360. The number of rotatable bonds is 5. The van der Waals surface area contributed by atoms with Crippen molar-refractivity contribution in [2.75, 3.05) is 30.8 Å². The highest BCUT2D eigenvalue weighted by Gasteiger charge is 2.30. The molecule has 1 aliphatic heterocycles. The lowest BCUT2D eigenvalue weighted by atomic mass is 9.97. The number of piperidine rings is 1. The van der Waals surface area contributed by atoms with E-state index >= 15 is 0 Å². The Hall–Kier alpha value is -3.69. The van der Waals surface area contributed by atoms with Crippen LogP contribution in [0.4, 0.5) is 11.6 Å². The van der Waals surface area contributed by atoms with Gasteiger partial charge < -0.3 is 15.4 Å². The molecule has 10 nitrogen and oxygen atoms in total. The third-order valence-corrected chi connectivity index (χ3v) is 6.68. The van der Waals surface area contributed by atoms with E-state index in [0.717, 1.165) is 54.1 Å². The van der Waals surface area contributed by atoms with Gasteiger partial charge in [0.2, 0.25) is 5.95 Å². The average molecular weight is 449 g/mol. The molecule has 0 aliphatic carbocycles. The fraction of sp³-hybridized carbons (Fsp3) is 0.435. The van der Waals surface area contributed by atoms with Gasteiger partial charge in [-0.3, -0.25) is 9.48 Å². The van der Waals surface area contributed by atoms with E-state index in [4.69, 9.17) is 20.6 Å². The second-order valence-corrected chi connectivity index (χ2v) is 9.10. The molecular formula is C23H28N8O2. The van der Waals surface area contributed by atoms with Gasteiger partial charge in [-0.15, -0.1) is 5.10 Å². The summed E-state index contributed by atoms with van der Waals surface area (Å²) in [6.07, 6.45) is 5.77. The number of methoxy groups -OCH3 is 1. The molecule has 1 unspecified atom stereocenters. The van der Waals surface area contributed by atoms with Crippen molar-refractivity contribution in [1.29, 1.82) is 0 Å². The standard InChI is InChI=1S/C23H28N8O2/c1-14(32)23(2,3)30-13-16(11-25-30)29-9-5-6-15(12-29)20-27-21-18-8-7-17(33-4)10-19(18)26-22(24)31(21)28-20/h7-8,10-11,13,15H,5-6,9,12H2,1-4H3,(H2,24,26). The molecule has 0 spiro atoms. The summed E-state index contributed by atoms with van der Waals surface area (Å²) in [6.45, 7) is 7.03. The average Bonchev–Trinajstić information content (AvgIpc) is 3.47. The monoisotopic (exact) mass is 448 g/mol. The number of carbonyl (C=O) groups is 1. The number of hydrogen-bond acceptors (Lipinski definition) is 8. The highest BCUT2D eigenvalue weighted by Crippen LogP contribution is 2.31. The Balaban J connectivity index is 1.46.